The highest BCUT2D eigenvalue weighted by Gasteiger charge is 2.24. The van der Waals surface area contributed by atoms with Crippen molar-refractivity contribution in [1.82, 2.24) is 5.32 Å². The number of rotatable bonds is 4. The zero-order valence-electron chi connectivity index (χ0n) is 12.0. The molecule has 20 heavy (non-hydrogen) atoms. The number of hydrogen-bond acceptors (Lipinski definition) is 4. The summed E-state index contributed by atoms with van der Waals surface area (Å²) in [5, 5.41) is 21.1. The minimum Gasteiger partial charge on any atom is -0.444 e. The van der Waals surface area contributed by atoms with Gasteiger partial charge >= 0.3 is 6.09 Å². The lowest BCUT2D eigenvalue weighted by atomic mass is 10.0. The summed E-state index contributed by atoms with van der Waals surface area (Å²) in [4.78, 5) is 11.7. The van der Waals surface area contributed by atoms with Gasteiger partial charge in [0.05, 0.1) is 12.1 Å². The molecule has 0 unspecified atom stereocenters. The van der Waals surface area contributed by atoms with Crippen molar-refractivity contribution in [2.24, 2.45) is 0 Å². The maximum atomic E-state index is 11.7. The molecule has 1 aromatic rings. The summed E-state index contributed by atoms with van der Waals surface area (Å²) < 4.78 is 5.13. The van der Waals surface area contributed by atoms with Crippen molar-refractivity contribution in [3.63, 3.8) is 0 Å². The number of nitriles is 1. The highest BCUT2D eigenvalue weighted by Crippen LogP contribution is 2.10. The summed E-state index contributed by atoms with van der Waals surface area (Å²) in [6, 6.07) is 10.4. The Bertz CT molecular complexity index is 474. The summed E-state index contributed by atoms with van der Waals surface area (Å²) in [5.41, 5.74) is 0.293. The quantitative estimate of drug-likeness (QED) is 0.824. The third kappa shape index (κ3) is 5.72. The topological polar surface area (TPSA) is 82.3 Å². The molecule has 0 heterocycles. The van der Waals surface area contributed by atoms with Gasteiger partial charge in [0.2, 0.25) is 0 Å². The first-order chi connectivity index (χ1) is 9.31. The number of nitrogens with one attached hydrogen (secondary N) is 1. The van der Waals surface area contributed by atoms with Crippen LogP contribution in [0.5, 0.6) is 0 Å². The van der Waals surface area contributed by atoms with Gasteiger partial charge in [-0.2, -0.15) is 5.26 Å². The van der Waals surface area contributed by atoms with Crippen LogP contribution in [0.25, 0.3) is 0 Å². The molecule has 2 N–H and O–H groups in total. The lowest BCUT2D eigenvalue weighted by molar-refractivity contribution is 0.0459. The molecule has 5 nitrogen and oxygen atoms in total. The largest absolute Gasteiger partial charge is 0.444 e. The van der Waals surface area contributed by atoms with Gasteiger partial charge < -0.3 is 15.2 Å². The molecule has 0 aliphatic heterocycles. The molecule has 2 atom stereocenters. The van der Waals surface area contributed by atoms with Crippen LogP contribution in [-0.4, -0.2) is 28.9 Å². The Kier molecular flexibility index (Phi) is 5.53. The molecule has 0 bridgehead atoms. The summed E-state index contributed by atoms with van der Waals surface area (Å²) in [5.74, 6) is 0. The van der Waals surface area contributed by atoms with E-state index in [2.05, 4.69) is 5.32 Å². The number of hydrogen-bond donors (Lipinski definition) is 2. The number of nitrogens with zero attached hydrogens (tertiary/aromatic N) is 1. The van der Waals surface area contributed by atoms with Gasteiger partial charge in [0.1, 0.15) is 5.60 Å². The molecule has 0 saturated carbocycles. The molecule has 0 spiro atoms. The van der Waals surface area contributed by atoms with Gasteiger partial charge in [0.25, 0.3) is 0 Å². The van der Waals surface area contributed by atoms with Crippen molar-refractivity contribution >= 4 is 6.09 Å². The number of benzene rings is 1. The van der Waals surface area contributed by atoms with Gasteiger partial charge in [-0.1, -0.05) is 30.3 Å². The normalized spacial score (nSPS) is 13.9. The zero-order chi connectivity index (χ0) is 15.2. The molecule has 0 radical (unpaired) electrons. The first-order valence-electron chi connectivity index (χ1n) is 6.43. The first kappa shape index (κ1) is 16.0. The fraction of sp³-hybridized carbons (Fsp3) is 0.467. The molecule has 1 rings (SSSR count). The van der Waals surface area contributed by atoms with E-state index in [0.717, 1.165) is 5.56 Å². The lowest BCUT2D eigenvalue weighted by Gasteiger charge is -2.24. The maximum absolute atomic E-state index is 11.7. The van der Waals surface area contributed by atoms with Crippen LogP contribution < -0.4 is 5.32 Å². The second-order valence-electron chi connectivity index (χ2n) is 5.52. The minimum absolute atomic E-state index is 0.356. The second kappa shape index (κ2) is 6.92. The Hall–Kier alpha value is -2.06. The Morgan fingerprint density at radius 1 is 1.40 bits per heavy atom. The average Bonchev–Trinajstić information content (AvgIpc) is 2.36. The van der Waals surface area contributed by atoms with E-state index in [1.807, 2.05) is 30.3 Å². The standard InChI is InChI=1S/C15H20N2O3/c1-15(2,3)20-14(19)17-12(13(18)10-16)9-11-7-5-4-6-8-11/h4-8,12-13,18H,9H2,1-3H3,(H,17,19)/t12-,13-/m1/s1. The molecule has 5 heteroatoms. The number of aliphatic hydroxyl groups is 1. The molecule has 0 aromatic heterocycles. The molecule has 1 amide bonds. The van der Waals surface area contributed by atoms with Gasteiger partial charge in [-0.05, 0) is 32.8 Å². The van der Waals surface area contributed by atoms with Crippen LogP contribution in [-0.2, 0) is 11.2 Å². The number of alkyl carbamates (subject to hydrolysis) is 1. The molecule has 108 valence electrons. The van der Waals surface area contributed by atoms with E-state index < -0.39 is 23.8 Å². The number of carbonyl (C=O) groups excluding carboxylic acids is 1. The summed E-state index contributed by atoms with van der Waals surface area (Å²) >= 11 is 0. The van der Waals surface area contributed by atoms with E-state index in [1.165, 1.54) is 0 Å². The van der Waals surface area contributed by atoms with Crippen LogP contribution in [0.4, 0.5) is 4.79 Å². The molecular formula is C15H20N2O3. The summed E-state index contributed by atoms with van der Waals surface area (Å²) in [6.45, 7) is 5.25. The molecule has 0 fully saturated rings. The van der Waals surface area contributed by atoms with Crippen molar-refractivity contribution in [1.29, 1.82) is 5.26 Å². The third-order valence-electron chi connectivity index (χ3n) is 2.51. The van der Waals surface area contributed by atoms with E-state index in [1.54, 1.807) is 26.8 Å². The van der Waals surface area contributed by atoms with Crippen molar-refractivity contribution in [2.75, 3.05) is 0 Å². The number of aliphatic hydroxyl groups excluding tert-OH is 1. The average molecular weight is 276 g/mol. The van der Waals surface area contributed by atoms with Crippen LogP contribution >= 0.6 is 0 Å². The van der Waals surface area contributed by atoms with Crippen molar-refractivity contribution in [3.8, 4) is 6.07 Å². The molecule has 0 saturated heterocycles. The smallest absolute Gasteiger partial charge is 0.408 e. The third-order valence-corrected chi connectivity index (χ3v) is 2.51. The van der Waals surface area contributed by atoms with E-state index in [9.17, 15) is 9.90 Å². The molecule has 0 aliphatic rings. The van der Waals surface area contributed by atoms with Gasteiger partial charge in [-0.25, -0.2) is 4.79 Å². The zero-order valence-corrected chi connectivity index (χ0v) is 12.0. The van der Waals surface area contributed by atoms with E-state index >= 15 is 0 Å². The van der Waals surface area contributed by atoms with Crippen molar-refractivity contribution < 1.29 is 14.6 Å². The highest BCUT2D eigenvalue weighted by molar-refractivity contribution is 5.68. The Morgan fingerprint density at radius 2 is 2.00 bits per heavy atom. The van der Waals surface area contributed by atoms with Gasteiger partial charge in [0, 0.05) is 0 Å². The summed E-state index contributed by atoms with van der Waals surface area (Å²) in [7, 11) is 0. The number of amides is 1. The Balaban J connectivity index is 2.71. The predicted molar refractivity (Wildman–Crippen MR) is 74.9 cm³/mol. The van der Waals surface area contributed by atoms with Crippen molar-refractivity contribution in [2.45, 2.75) is 44.9 Å². The monoisotopic (exact) mass is 276 g/mol. The molecule has 1 aromatic carbocycles. The van der Waals surface area contributed by atoms with E-state index in [0.29, 0.717) is 6.42 Å². The van der Waals surface area contributed by atoms with Gasteiger partial charge in [-0.15, -0.1) is 0 Å². The maximum Gasteiger partial charge on any atom is 0.408 e. The Morgan fingerprint density at radius 3 is 2.50 bits per heavy atom. The summed E-state index contributed by atoms with van der Waals surface area (Å²) in [6.07, 6.45) is -1.58. The fourth-order valence-electron chi connectivity index (χ4n) is 1.66. The fourth-order valence-corrected chi connectivity index (χ4v) is 1.66. The van der Waals surface area contributed by atoms with Crippen LogP contribution in [0.1, 0.15) is 26.3 Å². The van der Waals surface area contributed by atoms with E-state index in [4.69, 9.17) is 10.00 Å². The van der Waals surface area contributed by atoms with Crippen LogP contribution in [0.2, 0.25) is 0 Å². The van der Waals surface area contributed by atoms with Crippen LogP contribution in [0.15, 0.2) is 30.3 Å². The van der Waals surface area contributed by atoms with Crippen LogP contribution in [0.3, 0.4) is 0 Å². The lowest BCUT2D eigenvalue weighted by Crippen LogP contribution is -2.46. The predicted octanol–water partition coefficient (Wildman–Crippen LogP) is 2.01. The Labute approximate surface area is 119 Å². The van der Waals surface area contributed by atoms with Crippen molar-refractivity contribution in [3.05, 3.63) is 35.9 Å². The van der Waals surface area contributed by atoms with Gasteiger partial charge in [0.15, 0.2) is 6.10 Å². The van der Waals surface area contributed by atoms with Crippen LogP contribution in [0, 0.1) is 11.3 Å². The highest BCUT2D eigenvalue weighted by atomic mass is 16.6. The molecular weight excluding hydrogens is 256 g/mol. The minimum atomic E-state index is -1.29. The first-order valence-corrected chi connectivity index (χ1v) is 6.43. The molecule has 0 aliphatic carbocycles. The number of carbonyl (C=O) groups is 1. The van der Waals surface area contributed by atoms with E-state index in [-0.39, 0.29) is 0 Å². The second-order valence-corrected chi connectivity index (χ2v) is 5.52. The SMILES string of the molecule is CC(C)(C)OC(=O)N[C@H](Cc1ccccc1)[C@H](O)C#N. The van der Waals surface area contributed by atoms with Gasteiger partial charge in [-0.3, -0.25) is 0 Å². The number of ether oxygens (including phenoxy) is 1.